The van der Waals surface area contributed by atoms with Crippen LogP contribution in [0, 0.1) is 12.8 Å². The van der Waals surface area contributed by atoms with E-state index in [1.807, 2.05) is 7.05 Å². The first kappa shape index (κ1) is 18.6. The summed E-state index contributed by atoms with van der Waals surface area (Å²) in [6, 6.07) is 4.84. The molecule has 2 aliphatic heterocycles. The van der Waals surface area contributed by atoms with Crippen LogP contribution in [0.1, 0.15) is 24.0 Å². The molecular weight excluding hydrogens is 342 g/mol. The van der Waals surface area contributed by atoms with Crippen molar-refractivity contribution in [3.63, 3.8) is 0 Å². The molecule has 26 heavy (non-hydrogen) atoms. The van der Waals surface area contributed by atoms with Crippen LogP contribution in [-0.4, -0.2) is 55.5 Å². The van der Waals surface area contributed by atoms with Crippen LogP contribution in [0.15, 0.2) is 23.2 Å². The third-order valence-corrected chi connectivity index (χ3v) is 5.41. The maximum atomic E-state index is 13.2. The van der Waals surface area contributed by atoms with Gasteiger partial charge in [-0.05, 0) is 69.1 Å². The lowest BCUT2D eigenvalue weighted by atomic mass is 9.73. The number of ether oxygens (including phenoxy) is 1. The standard InChI is InChI=1S/C18H24F2N4O2/c1-11-10-13(4-5-14(11)26-16(19)20)18(12-6-8-23(2)9-7-12)15(25)24(3)17(21)22-18/h4-5,10,12,16H,6-9H2,1-3H3,(H2,21,22). The van der Waals surface area contributed by atoms with Crippen molar-refractivity contribution in [3.8, 4) is 5.75 Å². The number of hydrogen-bond acceptors (Lipinski definition) is 5. The van der Waals surface area contributed by atoms with E-state index in [1.54, 1.807) is 26.1 Å². The highest BCUT2D eigenvalue weighted by Crippen LogP contribution is 2.45. The van der Waals surface area contributed by atoms with Crippen molar-refractivity contribution in [2.45, 2.75) is 31.9 Å². The summed E-state index contributed by atoms with van der Waals surface area (Å²) in [6.07, 6.45) is 1.61. The number of carbonyl (C=O) groups excluding carboxylic acids is 1. The van der Waals surface area contributed by atoms with E-state index in [9.17, 15) is 13.6 Å². The normalized spacial score (nSPS) is 25.1. The molecule has 1 fully saturated rings. The molecule has 6 nitrogen and oxygen atoms in total. The molecule has 0 spiro atoms. The SMILES string of the molecule is Cc1cc(C2(C3CCN(C)CC3)N=C(N)N(C)C2=O)ccc1OC(F)F. The van der Waals surface area contributed by atoms with Crippen molar-refractivity contribution < 1.29 is 18.3 Å². The monoisotopic (exact) mass is 366 g/mol. The molecule has 1 amide bonds. The lowest BCUT2D eigenvalue weighted by Gasteiger charge is -2.39. The fourth-order valence-electron chi connectivity index (χ4n) is 3.89. The maximum absolute atomic E-state index is 13.2. The third kappa shape index (κ3) is 3.02. The van der Waals surface area contributed by atoms with Crippen molar-refractivity contribution in [2.24, 2.45) is 16.6 Å². The molecule has 1 saturated heterocycles. The predicted molar refractivity (Wildman–Crippen MR) is 94.1 cm³/mol. The molecule has 0 aliphatic carbocycles. The van der Waals surface area contributed by atoms with Crippen LogP contribution >= 0.6 is 0 Å². The number of aryl methyl sites for hydroxylation is 1. The Morgan fingerprint density at radius 1 is 1.31 bits per heavy atom. The molecular formula is C18H24F2N4O2. The quantitative estimate of drug-likeness (QED) is 0.884. The van der Waals surface area contributed by atoms with Gasteiger partial charge in [-0.2, -0.15) is 8.78 Å². The molecule has 2 N–H and O–H groups in total. The van der Waals surface area contributed by atoms with Gasteiger partial charge in [-0.1, -0.05) is 6.07 Å². The fraction of sp³-hybridized carbons (Fsp3) is 0.556. The Labute approximate surface area is 151 Å². The number of aliphatic imine (C=N–C) groups is 1. The van der Waals surface area contributed by atoms with Gasteiger partial charge in [-0.25, -0.2) is 4.99 Å². The molecule has 2 aliphatic rings. The minimum Gasteiger partial charge on any atom is -0.435 e. The maximum Gasteiger partial charge on any atom is 0.387 e. The largest absolute Gasteiger partial charge is 0.435 e. The molecule has 1 unspecified atom stereocenters. The number of piperidine rings is 1. The number of alkyl halides is 2. The highest BCUT2D eigenvalue weighted by atomic mass is 19.3. The lowest BCUT2D eigenvalue weighted by Crippen LogP contribution is -2.48. The van der Waals surface area contributed by atoms with Gasteiger partial charge in [-0.15, -0.1) is 0 Å². The van der Waals surface area contributed by atoms with Crippen LogP contribution in [0.5, 0.6) is 5.75 Å². The summed E-state index contributed by atoms with van der Waals surface area (Å²) in [5, 5.41) is 0. The van der Waals surface area contributed by atoms with Crippen LogP contribution < -0.4 is 10.5 Å². The van der Waals surface area contributed by atoms with Crippen LogP contribution in [0.25, 0.3) is 0 Å². The van der Waals surface area contributed by atoms with E-state index in [0.29, 0.717) is 11.1 Å². The van der Waals surface area contributed by atoms with E-state index in [2.05, 4.69) is 14.6 Å². The number of likely N-dealkylation sites (N-methyl/N-ethyl adjacent to an activating group) is 1. The molecule has 2 heterocycles. The Morgan fingerprint density at radius 3 is 2.46 bits per heavy atom. The Hall–Kier alpha value is -2.22. The van der Waals surface area contributed by atoms with Crippen molar-refractivity contribution in [1.29, 1.82) is 0 Å². The van der Waals surface area contributed by atoms with Crippen LogP contribution in [0.4, 0.5) is 8.78 Å². The smallest absolute Gasteiger partial charge is 0.387 e. The average Bonchev–Trinajstić information content (AvgIpc) is 2.82. The molecule has 0 bridgehead atoms. The van der Waals surface area contributed by atoms with Crippen LogP contribution in [-0.2, 0) is 10.3 Å². The van der Waals surface area contributed by atoms with E-state index in [-0.39, 0.29) is 23.5 Å². The van der Waals surface area contributed by atoms with Gasteiger partial charge in [0.15, 0.2) is 11.5 Å². The first-order valence-corrected chi connectivity index (χ1v) is 8.63. The molecule has 1 aromatic rings. The van der Waals surface area contributed by atoms with Gasteiger partial charge in [0.25, 0.3) is 5.91 Å². The second-order valence-corrected chi connectivity index (χ2v) is 7.04. The minimum absolute atomic E-state index is 0.00373. The lowest BCUT2D eigenvalue weighted by molar-refractivity contribution is -0.133. The number of nitrogens with two attached hydrogens (primary N) is 1. The summed E-state index contributed by atoms with van der Waals surface area (Å²) >= 11 is 0. The molecule has 3 rings (SSSR count). The van der Waals surface area contributed by atoms with Gasteiger partial charge in [0, 0.05) is 7.05 Å². The predicted octanol–water partition coefficient (Wildman–Crippen LogP) is 1.92. The summed E-state index contributed by atoms with van der Waals surface area (Å²) in [5.74, 6) is 0.0972. The zero-order valence-electron chi connectivity index (χ0n) is 15.2. The minimum atomic E-state index is -2.89. The first-order valence-electron chi connectivity index (χ1n) is 8.63. The van der Waals surface area contributed by atoms with Gasteiger partial charge in [0.1, 0.15) is 5.75 Å². The zero-order valence-corrected chi connectivity index (χ0v) is 15.2. The summed E-state index contributed by atoms with van der Waals surface area (Å²) in [7, 11) is 3.66. The van der Waals surface area contributed by atoms with Crippen molar-refractivity contribution in [1.82, 2.24) is 9.80 Å². The number of halogens is 2. The fourth-order valence-corrected chi connectivity index (χ4v) is 3.89. The number of amides is 1. The Morgan fingerprint density at radius 2 is 1.96 bits per heavy atom. The molecule has 142 valence electrons. The van der Waals surface area contributed by atoms with Crippen molar-refractivity contribution in [2.75, 3.05) is 27.2 Å². The van der Waals surface area contributed by atoms with Crippen LogP contribution in [0.3, 0.4) is 0 Å². The topological polar surface area (TPSA) is 71.2 Å². The highest BCUT2D eigenvalue weighted by molar-refractivity contribution is 6.07. The molecule has 8 heteroatoms. The van der Waals surface area contributed by atoms with Gasteiger partial charge in [0.05, 0.1) is 0 Å². The second-order valence-electron chi connectivity index (χ2n) is 7.04. The first-order chi connectivity index (χ1) is 12.3. The molecule has 1 atom stereocenters. The van der Waals surface area contributed by atoms with Gasteiger partial charge >= 0.3 is 6.61 Å². The Balaban J connectivity index is 2.05. The zero-order chi connectivity index (χ0) is 19.1. The Bertz CT molecular complexity index is 732. The van der Waals surface area contributed by atoms with Crippen LogP contribution in [0.2, 0.25) is 0 Å². The number of benzene rings is 1. The van der Waals surface area contributed by atoms with E-state index in [4.69, 9.17) is 5.73 Å². The number of carbonyl (C=O) groups is 1. The highest BCUT2D eigenvalue weighted by Gasteiger charge is 2.53. The van der Waals surface area contributed by atoms with Gasteiger partial charge in [-0.3, -0.25) is 9.69 Å². The van der Waals surface area contributed by atoms with E-state index in [0.717, 1.165) is 25.9 Å². The van der Waals surface area contributed by atoms with E-state index >= 15 is 0 Å². The van der Waals surface area contributed by atoms with Crippen molar-refractivity contribution >= 4 is 11.9 Å². The Kier molecular flexibility index (Phi) is 4.88. The van der Waals surface area contributed by atoms with Gasteiger partial charge < -0.3 is 15.4 Å². The summed E-state index contributed by atoms with van der Waals surface area (Å²) < 4.78 is 29.6. The van der Waals surface area contributed by atoms with Gasteiger partial charge in [0.2, 0.25) is 0 Å². The number of hydrogen-bond donors (Lipinski definition) is 1. The molecule has 1 aromatic carbocycles. The molecule has 0 aromatic heterocycles. The second kappa shape index (κ2) is 6.83. The number of guanidine groups is 1. The number of likely N-dealkylation sites (tertiary alicyclic amines) is 1. The average molecular weight is 366 g/mol. The van der Waals surface area contributed by atoms with E-state index in [1.165, 1.54) is 11.0 Å². The number of nitrogens with zero attached hydrogens (tertiary/aromatic N) is 3. The molecule has 0 radical (unpaired) electrons. The summed E-state index contributed by atoms with van der Waals surface area (Å²) in [6.45, 7) is 0.518. The summed E-state index contributed by atoms with van der Waals surface area (Å²) in [5.41, 5.74) is 6.07. The van der Waals surface area contributed by atoms with Crippen molar-refractivity contribution in [3.05, 3.63) is 29.3 Å². The molecule has 0 saturated carbocycles. The third-order valence-electron chi connectivity index (χ3n) is 5.41. The number of rotatable bonds is 4. The van der Waals surface area contributed by atoms with E-state index < -0.39 is 12.2 Å². The summed E-state index contributed by atoms with van der Waals surface area (Å²) in [4.78, 5) is 21.3.